The molecule has 1 fully saturated rings. The lowest BCUT2D eigenvalue weighted by Crippen LogP contribution is -2.44. The third-order valence-corrected chi connectivity index (χ3v) is 2.85. The zero-order valence-electron chi connectivity index (χ0n) is 9.66. The minimum Gasteiger partial charge on any atom is -0.392 e. The number of aliphatic hydroxyl groups excluding tert-OH is 1. The van der Waals surface area contributed by atoms with Crippen molar-refractivity contribution in [2.75, 3.05) is 19.6 Å². The number of nitrogens with zero attached hydrogens (tertiary/aromatic N) is 1. The fourth-order valence-corrected chi connectivity index (χ4v) is 2.03. The van der Waals surface area contributed by atoms with Gasteiger partial charge in [0.15, 0.2) is 0 Å². The maximum absolute atomic E-state index is 9.38. The van der Waals surface area contributed by atoms with Crippen LogP contribution >= 0.6 is 0 Å². The second-order valence-electron chi connectivity index (χ2n) is 4.69. The molecule has 3 heteroatoms. The van der Waals surface area contributed by atoms with E-state index in [0.29, 0.717) is 12.1 Å². The van der Waals surface area contributed by atoms with Crippen LogP contribution in [0.5, 0.6) is 0 Å². The number of rotatable bonds is 5. The molecule has 2 atom stereocenters. The molecule has 2 N–H and O–H groups in total. The predicted molar refractivity (Wildman–Crippen MR) is 59.4 cm³/mol. The summed E-state index contributed by atoms with van der Waals surface area (Å²) in [7, 11) is 0. The topological polar surface area (TPSA) is 35.5 Å². The summed E-state index contributed by atoms with van der Waals surface area (Å²) in [5.74, 6) is 0. The first-order chi connectivity index (χ1) is 6.59. The normalized spacial score (nSPS) is 24.9. The Balaban J connectivity index is 2.33. The Bertz CT molecular complexity index is 153. The zero-order chi connectivity index (χ0) is 10.6. The quantitative estimate of drug-likeness (QED) is 0.690. The van der Waals surface area contributed by atoms with E-state index in [2.05, 4.69) is 24.1 Å². The highest BCUT2D eigenvalue weighted by Crippen LogP contribution is 2.09. The Labute approximate surface area is 87.5 Å². The first-order valence-electron chi connectivity index (χ1n) is 5.75. The Morgan fingerprint density at radius 3 is 2.57 bits per heavy atom. The van der Waals surface area contributed by atoms with Crippen LogP contribution in [-0.4, -0.2) is 47.8 Å². The Hall–Kier alpha value is -0.120. The van der Waals surface area contributed by atoms with Gasteiger partial charge >= 0.3 is 0 Å². The van der Waals surface area contributed by atoms with E-state index in [1.807, 2.05) is 6.92 Å². The van der Waals surface area contributed by atoms with Crippen LogP contribution in [0.1, 0.15) is 33.6 Å². The first-order valence-corrected chi connectivity index (χ1v) is 5.75. The maximum Gasteiger partial charge on any atom is 0.0639 e. The fourth-order valence-electron chi connectivity index (χ4n) is 2.03. The SMILES string of the molecule is CC(C)N(CC1CCCN1)C[C@@H](C)O. The summed E-state index contributed by atoms with van der Waals surface area (Å²) in [6, 6.07) is 1.16. The van der Waals surface area contributed by atoms with E-state index in [4.69, 9.17) is 0 Å². The molecule has 3 nitrogen and oxygen atoms in total. The van der Waals surface area contributed by atoms with Crippen LogP contribution < -0.4 is 5.32 Å². The fraction of sp³-hybridized carbons (Fsp3) is 1.00. The molecule has 0 saturated carbocycles. The molecule has 14 heavy (non-hydrogen) atoms. The third-order valence-electron chi connectivity index (χ3n) is 2.85. The second-order valence-corrected chi connectivity index (χ2v) is 4.69. The van der Waals surface area contributed by atoms with Gasteiger partial charge < -0.3 is 10.4 Å². The molecule has 0 aromatic carbocycles. The zero-order valence-corrected chi connectivity index (χ0v) is 9.66. The van der Waals surface area contributed by atoms with Crippen LogP contribution in [0.2, 0.25) is 0 Å². The van der Waals surface area contributed by atoms with Crippen LogP contribution in [0.25, 0.3) is 0 Å². The van der Waals surface area contributed by atoms with Gasteiger partial charge in [-0.05, 0) is 40.2 Å². The van der Waals surface area contributed by atoms with E-state index in [9.17, 15) is 5.11 Å². The molecule has 0 radical (unpaired) electrons. The molecule has 1 rings (SSSR count). The molecule has 1 aliphatic heterocycles. The minimum absolute atomic E-state index is 0.223. The maximum atomic E-state index is 9.38. The highest BCUT2D eigenvalue weighted by molar-refractivity contribution is 4.79. The number of hydrogen-bond donors (Lipinski definition) is 2. The standard InChI is InChI=1S/C11H24N2O/c1-9(2)13(7-10(3)14)8-11-5-4-6-12-11/h9-12,14H,4-8H2,1-3H3/t10-,11?/m1/s1. The molecule has 0 aliphatic carbocycles. The Morgan fingerprint density at radius 1 is 1.43 bits per heavy atom. The second kappa shape index (κ2) is 5.69. The largest absolute Gasteiger partial charge is 0.392 e. The first kappa shape index (κ1) is 12.0. The molecular formula is C11H24N2O. The molecule has 1 aliphatic rings. The van der Waals surface area contributed by atoms with Crippen molar-refractivity contribution in [2.24, 2.45) is 0 Å². The summed E-state index contributed by atoms with van der Waals surface area (Å²) in [6.07, 6.45) is 2.35. The molecule has 0 aromatic heterocycles. The van der Waals surface area contributed by atoms with Crippen LogP contribution in [0.4, 0.5) is 0 Å². The molecule has 1 saturated heterocycles. The van der Waals surface area contributed by atoms with Gasteiger partial charge in [0, 0.05) is 25.2 Å². The lowest BCUT2D eigenvalue weighted by molar-refractivity contribution is 0.101. The van der Waals surface area contributed by atoms with E-state index < -0.39 is 0 Å². The van der Waals surface area contributed by atoms with Crippen molar-refractivity contribution in [3.8, 4) is 0 Å². The van der Waals surface area contributed by atoms with Crippen molar-refractivity contribution < 1.29 is 5.11 Å². The number of aliphatic hydroxyl groups is 1. The monoisotopic (exact) mass is 200 g/mol. The average Bonchev–Trinajstić information content (AvgIpc) is 2.54. The molecule has 0 bridgehead atoms. The van der Waals surface area contributed by atoms with E-state index >= 15 is 0 Å². The summed E-state index contributed by atoms with van der Waals surface area (Å²) in [4.78, 5) is 2.35. The van der Waals surface area contributed by atoms with Crippen molar-refractivity contribution in [3.63, 3.8) is 0 Å². The Kier molecular flexibility index (Phi) is 4.85. The average molecular weight is 200 g/mol. The Morgan fingerprint density at radius 2 is 2.14 bits per heavy atom. The van der Waals surface area contributed by atoms with Gasteiger partial charge in [0.25, 0.3) is 0 Å². The lowest BCUT2D eigenvalue weighted by atomic mass is 10.2. The highest BCUT2D eigenvalue weighted by atomic mass is 16.3. The molecule has 1 unspecified atom stereocenters. The molecule has 0 spiro atoms. The van der Waals surface area contributed by atoms with Crippen LogP contribution in [0.15, 0.2) is 0 Å². The lowest BCUT2D eigenvalue weighted by Gasteiger charge is -2.30. The predicted octanol–water partition coefficient (Wildman–Crippen LogP) is 0.830. The van der Waals surface area contributed by atoms with Crippen molar-refractivity contribution in [1.29, 1.82) is 0 Å². The van der Waals surface area contributed by atoms with Crippen molar-refractivity contribution in [3.05, 3.63) is 0 Å². The smallest absolute Gasteiger partial charge is 0.0639 e. The van der Waals surface area contributed by atoms with Gasteiger partial charge in [0.05, 0.1) is 6.10 Å². The third kappa shape index (κ3) is 3.95. The summed E-state index contributed by atoms with van der Waals surface area (Å²) < 4.78 is 0. The van der Waals surface area contributed by atoms with Gasteiger partial charge in [-0.1, -0.05) is 0 Å². The molecular weight excluding hydrogens is 176 g/mol. The van der Waals surface area contributed by atoms with E-state index in [1.165, 1.54) is 12.8 Å². The van der Waals surface area contributed by atoms with Gasteiger partial charge in [0.2, 0.25) is 0 Å². The summed E-state index contributed by atoms with van der Waals surface area (Å²) in [5, 5.41) is 12.9. The van der Waals surface area contributed by atoms with Crippen molar-refractivity contribution >= 4 is 0 Å². The van der Waals surface area contributed by atoms with Crippen molar-refractivity contribution in [1.82, 2.24) is 10.2 Å². The highest BCUT2D eigenvalue weighted by Gasteiger charge is 2.20. The van der Waals surface area contributed by atoms with Crippen molar-refractivity contribution in [2.45, 2.75) is 51.8 Å². The summed E-state index contributed by atoms with van der Waals surface area (Å²) in [6.45, 7) is 9.26. The van der Waals surface area contributed by atoms with E-state index in [-0.39, 0.29) is 6.10 Å². The van der Waals surface area contributed by atoms with Crippen LogP contribution in [-0.2, 0) is 0 Å². The van der Waals surface area contributed by atoms with Gasteiger partial charge in [-0.3, -0.25) is 4.90 Å². The van der Waals surface area contributed by atoms with Gasteiger partial charge in [-0.25, -0.2) is 0 Å². The molecule has 0 amide bonds. The molecule has 0 aromatic rings. The van der Waals surface area contributed by atoms with Crippen LogP contribution in [0, 0.1) is 0 Å². The van der Waals surface area contributed by atoms with E-state index in [0.717, 1.165) is 19.6 Å². The number of hydrogen-bond acceptors (Lipinski definition) is 3. The molecule has 84 valence electrons. The van der Waals surface area contributed by atoms with E-state index in [1.54, 1.807) is 0 Å². The number of nitrogens with one attached hydrogen (secondary N) is 1. The van der Waals surface area contributed by atoms with Gasteiger partial charge in [-0.15, -0.1) is 0 Å². The summed E-state index contributed by atoms with van der Waals surface area (Å²) >= 11 is 0. The van der Waals surface area contributed by atoms with Crippen LogP contribution in [0.3, 0.4) is 0 Å². The minimum atomic E-state index is -0.223. The van der Waals surface area contributed by atoms with Gasteiger partial charge in [0.1, 0.15) is 0 Å². The summed E-state index contributed by atoms with van der Waals surface area (Å²) in [5.41, 5.74) is 0. The van der Waals surface area contributed by atoms with Gasteiger partial charge in [-0.2, -0.15) is 0 Å². The molecule has 1 heterocycles.